The second-order valence-corrected chi connectivity index (χ2v) is 3.67. The minimum Gasteiger partial charge on any atom is -0.346 e. The van der Waals surface area contributed by atoms with Crippen molar-refractivity contribution in [2.75, 3.05) is 0 Å². The van der Waals surface area contributed by atoms with E-state index in [-0.39, 0.29) is 18.8 Å². The molecule has 94 valence electrons. The topological polar surface area (TPSA) is 96.7 Å². The molecule has 1 heterocycles. The maximum absolute atomic E-state index is 13.6. The van der Waals surface area contributed by atoms with Crippen LogP contribution in [0.4, 0.5) is 4.39 Å². The number of nitrogens with one attached hydrogen (secondary N) is 2. The molecule has 6 nitrogen and oxygen atoms in total. The van der Waals surface area contributed by atoms with E-state index in [0.29, 0.717) is 11.1 Å². The third kappa shape index (κ3) is 2.69. The predicted molar refractivity (Wildman–Crippen MR) is 61.8 cm³/mol. The molecule has 0 aliphatic rings. The molecule has 0 aliphatic carbocycles. The lowest BCUT2D eigenvalue weighted by Gasteiger charge is -2.06. The maximum Gasteiger partial charge on any atom is 0.273 e. The fraction of sp³-hybridized carbons (Fsp3) is 0.182. The minimum absolute atomic E-state index is 0.0857. The number of hydrogen-bond acceptors (Lipinski definition) is 4. The highest BCUT2D eigenvalue weighted by molar-refractivity contribution is 5.91. The van der Waals surface area contributed by atoms with Crippen LogP contribution in [0.15, 0.2) is 24.4 Å². The molecule has 0 atom stereocenters. The summed E-state index contributed by atoms with van der Waals surface area (Å²) >= 11 is 0. The quantitative estimate of drug-likeness (QED) is 0.727. The number of halogens is 1. The van der Waals surface area contributed by atoms with Crippen LogP contribution in [0.2, 0.25) is 0 Å². The lowest BCUT2D eigenvalue weighted by Crippen LogP contribution is -2.23. The summed E-state index contributed by atoms with van der Waals surface area (Å²) in [5, 5.41) is 12.0. The van der Waals surface area contributed by atoms with Crippen molar-refractivity contribution in [3.05, 3.63) is 47.0 Å². The molecule has 1 aromatic carbocycles. The number of nitrogens with two attached hydrogens (primary N) is 1. The Labute approximate surface area is 102 Å². The Morgan fingerprint density at radius 3 is 2.94 bits per heavy atom. The van der Waals surface area contributed by atoms with Gasteiger partial charge in [-0.25, -0.2) is 4.39 Å². The van der Waals surface area contributed by atoms with E-state index in [9.17, 15) is 9.18 Å². The third-order valence-electron chi connectivity index (χ3n) is 2.44. The molecule has 0 aliphatic heterocycles. The van der Waals surface area contributed by atoms with E-state index < -0.39 is 11.7 Å². The van der Waals surface area contributed by atoms with Crippen molar-refractivity contribution >= 4 is 5.91 Å². The van der Waals surface area contributed by atoms with Gasteiger partial charge < -0.3 is 11.1 Å². The van der Waals surface area contributed by atoms with Crippen LogP contribution in [-0.4, -0.2) is 21.3 Å². The SMILES string of the molecule is NCc1ccc(CNC(=O)c2cn[nH]n2)c(F)c1. The zero-order chi connectivity index (χ0) is 13.0. The second kappa shape index (κ2) is 5.37. The number of carbonyl (C=O) groups excluding carboxylic acids is 1. The minimum atomic E-state index is -0.411. The number of carbonyl (C=O) groups is 1. The van der Waals surface area contributed by atoms with E-state index in [0.717, 1.165) is 0 Å². The lowest BCUT2D eigenvalue weighted by molar-refractivity contribution is 0.0945. The molecule has 2 aromatic rings. The molecular weight excluding hydrogens is 237 g/mol. The Morgan fingerprint density at radius 2 is 2.33 bits per heavy atom. The molecule has 0 saturated carbocycles. The first kappa shape index (κ1) is 12.2. The van der Waals surface area contributed by atoms with Crippen molar-refractivity contribution in [3.63, 3.8) is 0 Å². The van der Waals surface area contributed by atoms with E-state index >= 15 is 0 Å². The van der Waals surface area contributed by atoms with Crippen molar-refractivity contribution in [3.8, 4) is 0 Å². The van der Waals surface area contributed by atoms with E-state index in [4.69, 9.17) is 5.73 Å². The van der Waals surface area contributed by atoms with Gasteiger partial charge in [0.15, 0.2) is 5.69 Å². The smallest absolute Gasteiger partial charge is 0.273 e. The van der Waals surface area contributed by atoms with E-state index in [1.165, 1.54) is 12.3 Å². The van der Waals surface area contributed by atoms with Crippen LogP contribution in [0.3, 0.4) is 0 Å². The van der Waals surface area contributed by atoms with Crippen LogP contribution >= 0.6 is 0 Å². The monoisotopic (exact) mass is 249 g/mol. The first-order valence-corrected chi connectivity index (χ1v) is 5.32. The van der Waals surface area contributed by atoms with E-state index in [2.05, 4.69) is 20.7 Å². The van der Waals surface area contributed by atoms with Gasteiger partial charge in [-0.2, -0.15) is 15.4 Å². The van der Waals surface area contributed by atoms with Crippen molar-refractivity contribution in [2.45, 2.75) is 13.1 Å². The lowest BCUT2D eigenvalue weighted by atomic mass is 10.1. The predicted octanol–water partition coefficient (Wildman–Crippen LogP) is 0.332. The highest BCUT2D eigenvalue weighted by atomic mass is 19.1. The molecule has 0 fully saturated rings. The van der Waals surface area contributed by atoms with Gasteiger partial charge in [0.2, 0.25) is 0 Å². The molecular formula is C11H12FN5O. The zero-order valence-corrected chi connectivity index (χ0v) is 9.48. The van der Waals surface area contributed by atoms with Crippen molar-refractivity contribution in [1.29, 1.82) is 0 Å². The number of benzene rings is 1. The summed E-state index contributed by atoms with van der Waals surface area (Å²) in [7, 11) is 0. The average molecular weight is 249 g/mol. The van der Waals surface area contributed by atoms with Crippen LogP contribution in [0, 0.1) is 5.82 Å². The zero-order valence-electron chi connectivity index (χ0n) is 9.48. The maximum atomic E-state index is 13.6. The van der Waals surface area contributed by atoms with E-state index in [1.807, 2.05) is 0 Å². The van der Waals surface area contributed by atoms with Gasteiger partial charge in [0.25, 0.3) is 5.91 Å². The van der Waals surface area contributed by atoms with Gasteiger partial charge in [-0.15, -0.1) is 0 Å². The van der Waals surface area contributed by atoms with Crippen LogP contribution in [0.1, 0.15) is 21.6 Å². The van der Waals surface area contributed by atoms with Gasteiger partial charge in [-0.1, -0.05) is 12.1 Å². The van der Waals surface area contributed by atoms with Crippen molar-refractivity contribution in [1.82, 2.24) is 20.7 Å². The van der Waals surface area contributed by atoms with Crippen molar-refractivity contribution in [2.24, 2.45) is 5.73 Å². The summed E-state index contributed by atoms with van der Waals surface area (Å²) in [6, 6.07) is 4.68. The van der Waals surface area contributed by atoms with Gasteiger partial charge >= 0.3 is 0 Å². The Morgan fingerprint density at radius 1 is 1.50 bits per heavy atom. The molecule has 1 aromatic heterocycles. The number of nitrogens with zero attached hydrogens (tertiary/aromatic N) is 2. The number of aromatic amines is 1. The second-order valence-electron chi connectivity index (χ2n) is 3.67. The molecule has 0 radical (unpaired) electrons. The van der Waals surface area contributed by atoms with Gasteiger partial charge in [-0.05, 0) is 11.6 Å². The summed E-state index contributed by atoms with van der Waals surface area (Å²) in [5.41, 5.74) is 6.66. The first-order chi connectivity index (χ1) is 8.70. The fourth-order valence-corrected chi connectivity index (χ4v) is 1.44. The number of amides is 1. The number of hydrogen-bond donors (Lipinski definition) is 3. The van der Waals surface area contributed by atoms with Gasteiger partial charge in [0, 0.05) is 18.7 Å². The Balaban J connectivity index is 2.00. The van der Waals surface area contributed by atoms with Crippen LogP contribution in [0.5, 0.6) is 0 Å². The molecule has 18 heavy (non-hydrogen) atoms. The standard InChI is InChI=1S/C11H12FN5O/c12-9-3-7(4-13)1-2-8(9)5-14-11(18)10-6-15-17-16-10/h1-3,6H,4-5,13H2,(H,14,18)(H,15,16,17). The normalized spacial score (nSPS) is 10.3. The summed E-state index contributed by atoms with van der Waals surface area (Å²) in [6.45, 7) is 0.366. The summed E-state index contributed by atoms with van der Waals surface area (Å²) in [5.74, 6) is -0.801. The molecule has 2 rings (SSSR count). The highest BCUT2D eigenvalue weighted by Gasteiger charge is 2.09. The van der Waals surface area contributed by atoms with Crippen LogP contribution in [-0.2, 0) is 13.1 Å². The molecule has 0 unspecified atom stereocenters. The van der Waals surface area contributed by atoms with Crippen molar-refractivity contribution < 1.29 is 9.18 Å². The van der Waals surface area contributed by atoms with Crippen LogP contribution in [0.25, 0.3) is 0 Å². The molecule has 1 amide bonds. The fourth-order valence-electron chi connectivity index (χ4n) is 1.44. The summed E-state index contributed by atoms with van der Waals surface area (Å²) in [4.78, 5) is 11.5. The van der Waals surface area contributed by atoms with Gasteiger partial charge in [-0.3, -0.25) is 4.79 Å². The van der Waals surface area contributed by atoms with Gasteiger partial charge in [0.1, 0.15) is 5.82 Å². The first-order valence-electron chi connectivity index (χ1n) is 5.32. The van der Waals surface area contributed by atoms with Crippen LogP contribution < -0.4 is 11.1 Å². The number of aromatic nitrogens is 3. The highest BCUT2D eigenvalue weighted by Crippen LogP contribution is 2.10. The third-order valence-corrected chi connectivity index (χ3v) is 2.44. The molecule has 0 bridgehead atoms. The Hall–Kier alpha value is -2.28. The molecule has 7 heteroatoms. The largest absolute Gasteiger partial charge is 0.346 e. The molecule has 4 N–H and O–H groups in total. The molecule has 0 spiro atoms. The van der Waals surface area contributed by atoms with E-state index in [1.54, 1.807) is 12.1 Å². The molecule has 0 saturated heterocycles. The average Bonchev–Trinajstić information content (AvgIpc) is 2.90. The summed E-state index contributed by atoms with van der Waals surface area (Å²) in [6.07, 6.45) is 1.29. The Kier molecular flexibility index (Phi) is 3.63. The van der Waals surface area contributed by atoms with Gasteiger partial charge in [0.05, 0.1) is 6.20 Å². The number of rotatable bonds is 4. The Bertz CT molecular complexity index is 540. The summed E-state index contributed by atoms with van der Waals surface area (Å²) < 4.78 is 13.6. The number of H-pyrrole nitrogens is 1.